The molecule has 0 unspecified atom stereocenters. The number of H-pyrrole nitrogens is 1. The molecule has 0 amide bonds. The van der Waals surface area contributed by atoms with Crippen LogP contribution in [0.3, 0.4) is 0 Å². The highest BCUT2D eigenvalue weighted by atomic mass is 16.5. The first-order valence-electron chi connectivity index (χ1n) is 4.85. The maximum absolute atomic E-state index is 11.8. The van der Waals surface area contributed by atoms with Gasteiger partial charge in [-0.2, -0.15) is 0 Å². The molecule has 0 aliphatic rings. The maximum Gasteiger partial charge on any atom is 0.341 e. The Bertz CT molecular complexity index is 660. The number of aryl methyl sites for hydroxylation is 1. The molecule has 0 saturated carbocycles. The molecule has 0 radical (unpaired) electrons. The van der Waals surface area contributed by atoms with E-state index in [0.717, 1.165) is 5.56 Å². The fraction of sp³-hybridized carbons (Fsp3) is 0.182. The number of nitrogens with one attached hydrogen (secondary N) is 1. The number of fused-ring (bicyclic) bond motifs is 1. The van der Waals surface area contributed by atoms with Gasteiger partial charge < -0.3 is 14.8 Å². The molecular formula is C11H10N2O4. The molecule has 0 spiro atoms. The van der Waals surface area contributed by atoms with Crippen molar-refractivity contribution < 1.29 is 14.6 Å². The first-order valence-corrected chi connectivity index (χ1v) is 4.85. The van der Waals surface area contributed by atoms with Crippen molar-refractivity contribution in [2.75, 3.05) is 7.11 Å². The molecule has 6 heteroatoms. The first-order chi connectivity index (χ1) is 8.04. The van der Waals surface area contributed by atoms with Gasteiger partial charge in [-0.3, -0.25) is 4.79 Å². The number of ether oxygens (including phenoxy) is 1. The van der Waals surface area contributed by atoms with Crippen molar-refractivity contribution in [3.63, 3.8) is 0 Å². The van der Waals surface area contributed by atoms with Crippen LogP contribution in [0.25, 0.3) is 11.0 Å². The molecule has 0 aliphatic carbocycles. The lowest BCUT2D eigenvalue weighted by atomic mass is 10.2. The molecule has 2 N–H and O–H groups in total. The Hall–Kier alpha value is -2.37. The van der Waals surface area contributed by atoms with Gasteiger partial charge in [0.2, 0.25) is 11.3 Å². The van der Waals surface area contributed by atoms with Crippen molar-refractivity contribution >= 4 is 17.0 Å². The van der Waals surface area contributed by atoms with E-state index in [0.29, 0.717) is 11.4 Å². The zero-order chi connectivity index (χ0) is 12.6. The third-order valence-corrected chi connectivity index (χ3v) is 2.42. The summed E-state index contributed by atoms with van der Waals surface area (Å²) in [5.74, 6) is -0.972. The zero-order valence-corrected chi connectivity index (χ0v) is 9.27. The summed E-state index contributed by atoms with van der Waals surface area (Å²) in [6, 6.07) is 1.69. The molecule has 6 nitrogen and oxygen atoms in total. The van der Waals surface area contributed by atoms with E-state index >= 15 is 0 Å². The van der Waals surface area contributed by atoms with Gasteiger partial charge in [0.15, 0.2) is 0 Å². The largest absolute Gasteiger partial charge is 0.481 e. The summed E-state index contributed by atoms with van der Waals surface area (Å²) in [6.07, 6.45) is 1.17. The summed E-state index contributed by atoms with van der Waals surface area (Å²) in [5, 5.41) is 8.83. The summed E-state index contributed by atoms with van der Waals surface area (Å²) in [6.45, 7) is 1.79. The number of aromatic carboxylic acids is 1. The molecule has 2 rings (SSSR count). The first kappa shape index (κ1) is 11.1. The van der Waals surface area contributed by atoms with Gasteiger partial charge in [0.1, 0.15) is 11.1 Å². The third-order valence-electron chi connectivity index (χ3n) is 2.42. The number of pyridine rings is 2. The van der Waals surface area contributed by atoms with Gasteiger partial charge in [-0.05, 0) is 13.0 Å². The topological polar surface area (TPSA) is 92.3 Å². The SMILES string of the molecule is COc1nc2c(=O)c(C(=O)O)c[nH]c2cc1C. The van der Waals surface area contributed by atoms with E-state index in [1.54, 1.807) is 13.0 Å². The molecule has 17 heavy (non-hydrogen) atoms. The quantitative estimate of drug-likeness (QED) is 0.806. The van der Waals surface area contributed by atoms with Gasteiger partial charge in [-0.15, -0.1) is 0 Å². The Morgan fingerprint density at radius 2 is 2.24 bits per heavy atom. The van der Waals surface area contributed by atoms with Crippen molar-refractivity contribution in [3.05, 3.63) is 33.6 Å². The maximum atomic E-state index is 11.8. The lowest BCUT2D eigenvalue weighted by molar-refractivity contribution is 0.0695. The minimum Gasteiger partial charge on any atom is -0.481 e. The monoisotopic (exact) mass is 234 g/mol. The summed E-state index contributed by atoms with van der Waals surface area (Å²) < 4.78 is 5.00. The van der Waals surface area contributed by atoms with Crippen LogP contribution in [-0.4, -0.2) is 28.2 Å². The minimum atomic E-state index is -1.28. The van der Waals surface area contributed by atoms with Gasteiger partial charge in [-0.1, -0.05) is 0 Å². The van der Waals surface area contributed by atoms with E-state index in [4.69, 9.17) is 9.84 Å². The van der Waals surface area contributed by atoms with Crippen LogP contribution in [0.2, 0.25) is 0 Å². The van der Waals surface area contributed by atoms with Gasteiger partial charge in [-0.25, -0.2) is 9.78 Å². The summed E-state index contributed by atoms with van der Waals surface area (Å²) in [4.78, 5) is 29.4. The molecule has 2 aromatic heterocycles. The van der Waals surface area contributed by atoms with Crippen LogP contribution >= 0.6 is 0 Å². The number of hydrogen-bond donors (Lipinski definition) is 2. The van der Waals surface area contributed by atoms with E-state index in [2.05, 4.69) is 9.97 Å². The second-order valence-corrected chi connectivity index (χ2v) is 3.55. The average Bonchev–Trinajstić information content (AvgIpc) is 2.28. The highest BCUT2D eigenvalue weighted by Crippen LogP contribution is 2.17. The number of methoxy groups -OCH3 is 1. The molecule has 0 aliphatic heterocycles. The van der Waals surface area contributed by atoms with E-state index < -0.39 is 11.4 Å². The Labute approximate surface area is 95.9 Å². The average molecular weight is 234 g/mol. The highest BCUT2D eigenvalue weighted by Gasteiger charge is 2.14. The minimum absolute atomic E-state index is 0.0624. The van der Waals surface area contributed by atoms with Crippen LogP contribution < -0.4 is 10.2 Å². The van der Waals surface area contributed by atoms with E-state index in [9.17, 15) is 9.59 Å². The van der Waals surface area contributed by atoms with Crippen molar-refractivity contribution in [1.82, 2.24) is 9.97 Å². The van der Waals surface area contributed by atoms with Crippen molar-refractivity contribution in [1.29, 1.82) is 0 Å². The number of aromatic amines is 1. The fourth-order valence-electron chi connectivity index (χ4n) is 1.59. The Morgan fingerprint density at radius 3 is 2.82 bits per heavy atom. The predicted molar refractivity (Wildman–Crippen MR) is 60.6 cm³/mol. The number of nitrogens with zero attached hydrogens (tertiary/aromatic N) is 1. The van der Waals surface area contributed by atoms with Crippen LogP contribution in [0.1, 0.15) is 15.9 Å². The smallest absolute Gasteiger partial charge is 0.341 e. The molecule has 0 atom stereocenters. The molecule has 0 saturated heterocycles. The predicted octanol–water partition coefficient (Wildman–Crippen LogP) is 0.938. The molecule has 2 aromatic rings. The number of aromatic nitrogens is 2. The third kappa shape index (κ3) is 1.73. The van der Waals surface area contributed by atoms with E-state index in [1.807, 2.05) is 0 Å². The Kier molecular flexibility index (Phi) is 2.55. The van der Waals surface area contributed by atoms with Crippen LogP contribution in [0.15, 0.2) is 17.1 Å². The standard InChI is InChI=1S/C11H10N2O4/c1-5-3-7-8(13-10(5)17-2)9(14)6(4-12-7)11(15)16/h3-4H,1-2H3,(H,12,14)(H,15,16). The number of carbonyl (C=O) groups is 1. The molecule has 0 fully saturated rings. The van der Waals surface area contributed by atoms with Crippen LogP contribution in [0.4, 0.5) is 0 Å². The number of rotatable bonds is 2. The zero-order valence-electron chi connectivity index (χ0n) is 9.27. The van der Waals surface area contributed by atoms with Gasteiger partial charge in [0, 0.05) is 11.8 Å². The van der Waals surface area contributed by atoms with Crippen molar-refractivity contribution in [3.8, 4) is 5.88 Å². The normalized spacial score (nSPS) is 10.5. The second-order valence-electron chi connectivity index (χ2n) is 3.55. The van der Waals surface area contributed by atoms with E-state index in [-0.39, 0.29) is 11.1 Å². The van der Waals surface area contributed by atoms with Gasteiger partial charge >= 0.3 is 5.97 Å². The highest BCUT2D eigenvalue weighted by molar-refractivity contribution is 5.91. The van der Waals surface area contributed by atoms with Crippen molar-refractivity contribution in [2.24, 2.45) is 0 Å². The van der Waals surface area contributed by atoms with Crippen LogP contribution in [-0.2, 0) is 0 Å². The molecule has 2 heterocycles. The number of hydrogen-bond acceptors (Lipinski definition) is 4. The lowest BCUT2D eigenvalue weighted by Gasteiger charge is -2.05. The Morgan fingerprint density at radius 1 is 1.53 bits per heavy atom. The van der Waals surface area contributed by atoms with Crippen molar-refractivity contribution in [2.45, 2.75) is 6.92 Å². The summed E-state index contributed by atoms with van der Waals surface area (Å²) >= 11 is 0. The van der Waals surface area contributed by atoms with E-state index in [1.165, 1.54) is 13.3 Å². The molecular weight excluding hydrogens is 224 g/mol. The van der Waals surface area contributed by atoms with Gasteiger partial charge in [0.05, 0.1) is 12.6 Å². The summed E-state index contributed by atoms with van der Waals surface area (Å²) in [5.41, 5.74) is 0.352. The molecule has 88 valence electrons. The second kappa shape index (κ2) is 3.89. The molecule has 0 bridgehead atoms. The van der Waals surface area contributed by atoms with Crippen LogP contribution in [0.5, 0.6) is 5.88 Å². The van der Waals surface area contributed by atoms with Crippen LogP contribution in [0, 0.1) is 6.92 Å². The Balaban J connectivity index is 2.85. The number of carboxylic acids is 1. The molecule has 0 aromatic carbocycles. The summed E-state index contributed by atoms with van der Waals surface area (Å²) in [7, 11) is 1.44. The van der Waals surface area contributed by atoms with Gasteiger partial charge in [0.25, 0.3) is 0 Å². The lowest BCUT2D eigenvalue weighted by Crippen LogP contribution is -2.16. The fourth-order valence-corrected chi connectivity index (χ4v) is 1.59. The number of carboxylic acid groups (broad SMARTS) is 1.